The second-order valence-electron chi connectivity index (χ2n) is 6.66. The zero-order chi connectivity index (χ0) is 17.6. The number of benzene rings is 1. The fourth-order valence-corrected chi connectivity index (χ4v) is 4.20. The number of ether oxygens (including phenoxy) is 2. The minimum absolute atomic E-state index is 0.0893. The van der Waals surface area contributed by atoms with Crippen LogP contribution in [-0.4, -0.2) is 18.7 Å². The van der Waals surface area contributed by atoms with Gasteiger partial charge in [0.1, 0.15) is 5.75 Å². The Morgan fingerprint density at radius 2 is 1.92 bits per heavy atom. The number of halogens is 2. The fraction of sp³-hybridized carbons (Fsp3) is 0.389. The molecule has 2 aromatic rings. The maximum absolute atomic E-state index is 5.96. The maximum Gasteiger partial charge on any atom is 0.166 e. The molecule has 0 spiro atoms. The molecule has 1 aliphatic rings. The van der Waals surface area contributed by atoms with Crippen molar-refractivity contribution >= 4 is 43.2 Å². The Kier molecular flexibility index (Phi) is 4.55. The Labute approximate surface area is 159 Å². The smallest absolute Gasteiger partial charge is 0.166 e. The van der Waals surface area contributed by atoms with Gasteiger partial charge in [0.2, 0.25) is 0 Å². The van der Waals surface area contributed by atoms with E-state index in [-0.39, 0.29) is 5.41 Å². The minimum atomic E-state index is -0.0893. The topological polar surface area (TPSA) is 43.4 Å². The van der Waals surface area contributed by atoms with Gasteiger partial charge in [-0.25, -0.2) is 0 Å². The second kappa shape index (κ2) is 6.23. The molecule has 1 aromatic heterocycles. The predicted octanol–water partition coefficient (Wildman–Crippen LogP) is 5.65. The largest absolute Gasteiger partial charge is 0.495 e. The van der Waals surface area contributed by atoms with Crippen LogP contribution in [0.4, 0.5) is 11.4 Å². The highest BCUT2D eigenvalue weighted by molar-refractivity contribution is 9.11. The summed E-state index contributed by atoms with van der Waals surface area (Å²) in [4.78, 5) is 4.56. The first kappa shape index (κ1) is 17.5. The molecule has 6 heteroatoms. The Balaban J connectivity index is 2.13. The monoisotopic (exact) mass is 454 g/mol. The van der Waals surface area contributed by atoms with Gasteiger partial charge in [0, 0.05) is 22.9 Å². The van der Waals surface area contributed by atoms with E-state index in [2.05, 4.69) is 62.9 Å². The highest BCUT2D eigenvalue weighted by Crippen LogP contribution is 2.47. The fourth-order valence-electron chi connectivity index (χ4n) is 3.02. The number of aryl methyl sites for hydroxylation is 1. The average molecular weight is 456 g/mol. The molecule has 1 N–H and O–H groups in total. The SMILES string of the molecule is COc1c(Br)cc(C)c(Nc2c(Br)cnc3c2OCC3(C)C)c1C. The van der Waals surface area contributed by atoms with E-state index >= 15 is 0 Å². The lowest BCUT2D eigenvalue weighted by molar-refractivity contribution is 0.291. The number of nitrogens with zero attached hydrogens (tertiary/aromatic N) is 1. The van der Waals surface area contributed by atoms with E-state index in [0.29, 0.717) is 6.61 Å². The Morgan fingerprint density at radius 3 is 2.58 bits per heavy atom. The van der Waals surface area contributed by atoms with Crippen LogP contribution in [0.25, 0.3) is 0 Å². The van der Waals surface area contributed by atoms with Gasteiger partial charge in [-0.15, -0.1) is 0 Å². The molecular weight excluding hydrogens is 436 g/mol. The predicted molar refractivity (Wildman–Crippen MR) is 104 cm³/mol. The van der Waals surface area contributed by atoms with Gasteiger partial charge in [0.25, 0.3) is 0 Å². The third-order valence-corrected chi connectivity index (χ3v) is 5.52. The molecule has 0 fully saturated rings. The van der Waals surface area contributed by atoms with Crippen molar-refractivity contribution in [3.05, 3.63) is 38.0 Å². The molecular formula is C18H20Br2N2O2. The number of nitrogens with one attached hydrogen (secondary N) is 1. The molecule has 0 atom stereocenters. The first-order valence-electron chi connectivity index (χ1n) is 7.68. The van der Waals surface area contributed by atoms with Gasteiger partial charge >= 0.3 is 0 Å². The van der Waals surface area contributed by atoms with Gasteiger partial charge in [-0.3, -0.25) is 4.98 Å². The molecule has 3 rings (SSSR count). The molecule has 1 aliphatic heterocycles. The van der Waals surface area contributed by atoms with Crippen LogP contribution in [0.3, 0.4) is 0 Å². The van der Waals surface area contributed by atoms with Crippen molar-refractivity contribution in [2.24, 2.45) is 0 Å². The summed E-state index contributed by atoms with van der Waals surface area (Å²) in [6, 6.07) is 2.05. The number of pyridine rings is 1. The first-order chi connectivity index (χ1) is 11.3. The number of fused-ring (bicyclic) bond motifs is 1. The molecule has 0 saturated heterocycles. The van der Waals surface area contributed by atoms with Crippen LogP contribution in [0.2, 0.25) is 0 Å². The molecule has 1 aromatic carbocycles. The minimum Gasteiger partial charge on any atom is -0.495 e. The van der Waals surface area contributed by atoms with Crippen LogP contribution in [0.15, 0.2) is 21.2 Å². The highest BCUT2D eigenvalue weighted by Gasteiger charge is 2.36. The molecule has 0 bridgehead atoms. The molecule has 2 heterocycles. The average Bonchev–Trinajstić information content (AvgIpc) is 2.81. The lowest BCUT2D eigenvalue weighted by Crippen LogP contribution is -2.19. The number of aromatic nitrogens is 1. The van der Waals surface area contributed by atoms with E-state index in [1.165, 1.54) is 0 Å². The summed E-state index contributed by atoms with van der Waals surface area (Å²) >= 11 is 7.16. The molecule has 0 amide bonds. The highest BCUT2D eigenvalue weighted by atomic mass is 79.9. The van der Waals surface area contributed by atoms with Gasteiger partial charge in [-0.2, -0.15) is 0 Å². The lowest BCUT2D eigenvalue weighted by atomic mass is 9.91. The zero-order valence-electron chi connectivity index (χ0n) is 14.4. The lowest BCUT2D eigenvalue weighted by Gasteiger charge is -2.19. The molecule has 0 aliphatic carbocycles. The second-order valence-corrected chi connectivity index (χ2v) is 8.37. The summed E-state index contributed by atoms with van der Waals surface area (Å²) in [7, 11) is 1.68. The molecule has 24 heavy (non-hydrogen) atoms. The standard InChI is InChI=1S/C18H20Br2N2O2/c1-9-6-11(19)15(23-5)10(2)13(9)22-14-12(20)7-21-17-16(14)24-8-18(17,3)4/h6-7H,8H2,1-5H3,(H,21,22). The maximum atomic E-state index is 5.96. The van der Waals surface area contributed by atoms with Gasteiger partial charge in [-0.05, 0) is 57.3 Å². The number of methoxy groups -OCH3 is 1. The number of rotatable bonds is 3. The van der Waals surface area contributed by atoms with Crippen LogP contribution < -0.4 is 14.8 Å². The molecule has 0 unspecified atom stereocenters. The third-order valence-electron chi connectivity index (χ3n) is 4.33. The van der Waals surface area contributed by atoms with E-state index in [4.69, 9.17) is 9.47 Å². The molecule has 0 saturated carbocycles. The van der Waals surface area contributed by atoms with Crippen molar-refractivity contribution in [3.63, 3.8) is 0 Å². The first-order valence-corrected chi connectivity index (χ1v) is 9.27. The van der Waals surface area contributed by atoms with Gasteiger partial charge in [0.05, 0.1) is 34.0 Å². The van der Waals surface area contributed by atoms with E-state index in [1.54, 1.807) is 7.11 Å². The van der Waals surface area contributed by atoms with Crippen molar-refractivity contribution in [2.75, 3.05) is 19.0 Å². The number of hydrogen-bond donors (Lipinski definition) is 1. The van der Waals surface area contributed by atoms with Crippen LogP contribution in [0.5, 0.6) is 11.5 Å². The van der Waals surface area contributed by atoms with E-state index < -0.39 is 0 Å². The quantitative estimate of drug-likeness (QED) is 0.649. The van der Waals surface area contributed by atoms with Crippen LogP contribution in [0.1, 0.15) is 30.7 Å². The number of anilines is 2. The Hall–Kier alpha value is -1.27. The molecule has 0 radical (unpaired) electrons. The summed E-state index contributed by atoms with van der Waals surface area (Å²) in [5, 5.41) is 3.54. The van der Waals surface area contributed by atoms with Gasteiger partial charge in [0.15, 0.2) is 5.75 Å². The van der Waals surface area contributed by atoms with Crippen molar-refractivity contribution in [3.8, 4) is 11.5 Å². The van der Waals surface area contributed by atoms with Crippen molar-refractivity contribution in [2.45, 2.75) is 33.1 Å². The normalized spacial score (nSPS) is 15.0. The van der Waals surface area contributed by atoms with Gasteiger partial charge < -0.3 is 14.8 Å². The zero-order valence-corrected chi connectivity index (χ0v) is 17.6. The van der Waals surface area contributed by atoms with Crippen LogP contribution in [-0.2, 0) is 5.41 Å². The van der Waals surface area contributed by atoms with Crippen molar-refractivity contribution in [1.29, 1.82) is 0 Å². The summed E-state index contributed by atoms with van der Waals surface area (Å²) in [5.74, 6) is 1.64. The third kappa shape index (κ3) is 2.80. The van der Waals surface area contributed by atoms with Gasteiger partial charge in [-0.1, -0.05) is 13.8 Å². The van der Waals surface area contributed by atoms with Crippen molar-refractivity contribution in [1.82, 2.24) is 4.98 Å². The summed E-state index contributed by atoms with van der Waals surface area (Å²) in [6.45, 7) is 9.02. The molecule has 4 nitrogen and oxygen atoms in total. The number of hydrogen-bond acceptors (Lipinski definition) is 4. The summed E-state index contributed by atoms with van der Waals surface area (Å²) in [6.07, 6.45) is 1.83. The Bertz CT molecular complexity index is 819. The Morgan fingerprint density at radius 1 is 1.21 bits per heavy atom. The van der Waals surface area contributed by atoms with E-state index in [1.807, 2.05) is 19.2 Å². The summed E-state index contributed by atoms with van der Waals surface area (Å²) < 4.78 is 13.3. The van der Waals surface area contributed by atoms with E-state index in [9.17, 15) is 0 Å². The van der Waals surface area contributed by atoms with Crippen LogP contribution in [0, 0.1) is 13.8 Å². The van der Waals surface area contributed by atoms with Crippen LogP contribution >= 0.6 is 31.9 Å². The summed E-state index contributed by atoms with van der Waals surface area (Å²) in [5.41, 5.74) is 4.97. The molecule has 128 valence electrons. The van der Waals surface area contributed by atoms with Crippen molar-refractivity contribution < 1.29 is 9.47 Å². The van der Waals surface area contributed by atoms with E-state index in [0.717, 1.165) is 48.6 Å².